The number of hydrogen-bond acceptors (Lipinski definition) is 4. The Balaban J connectivity index is 1.92. The van der Waals surface area contributed by atoms with Gasteiger partial charge in [0.15, 0.2) is 0 Å². The molecule has 0 spiro atoms. The molecule has 0 aliphatic carbocycles. The lowest BCUT2D eigenvalue weighted by Gasteiger charge is -2.28. The molecule has 0 aliphatic rings. The number of rotatable bonds is 7. The molecule has 2 heterocycles. The third-order valence-corrected chi connectivity index (χ3v) is 5.03. The average Bonchev–Trinajstić information content (AvgIpc) is 2.69. The Morgan fingerprint density at radius 3 is 2.53 bits per heavy atom. The molecule has 1 unspecified atom stereocenters. The highest BCUT2D eigenvalue weighted by molar-refractivity contribution is 5.94. The van der Waals surface area contributed by atoms with Crippen LogP contribution in [-0.2, 0) is 6.18 Å². The SMILES string of the molecule is CC(COc1ncc(-c2ccnc3cc(F)cc(F)c23)cc1C(F)(F)F)CC(C)(C)NC(=O)O. The van der Waals surface area contributed by atoms with Gasteiger partial charge in [0.25, 0.3) is 0 Å². The van der Waals surface area contributed by atoms with Crippen LogP contribution < -0.4 is 10.1 Å². The van der Waals surface area contributed by atoms with E-state index in [2.05, 4.69) is 15.3 Å². The van der Waals surface area contributed by atoms with Crippen molar-refractivity contribution in [3.05, 3.63) is 53.9 Å². The van der Waals surface area contributed by atoms with E-state index >= 15 is 0 Å². The molecule has 1 atom stereocenters. The highest BCUT2D eigenvalue weighted by Gasteiger charge is 2.36. The van der Waals surface area contributed by atoms with Crippen molar-refractivity contribution in [1.82, 2.24) is 15.3 Å². The lowest BCUT2D eigenvalue weighted by atomic mass is 9.92. The maximum atomic E-state index is 14.4. The number of carbonyl (C=O) groups is 1. The van der Waals surface area contributed by atoms with Crippen molar-refractivity contribution in [1.29, 1.82) is 0 Å². The van der Waals surface area contributed by atoms with Crippen molar-refractivity contribution >= 4 is 17.0 Å². The fourth-order valence-electron chi connectivity index (χ4n) is 3.85. The Morgan fingerprint density at radius 2 is 1.88 bits per heavy atom. The number of nitrogens with zero attached hydrogens (tertiary/aromatic N) is 2. The first-order valence-corrected chi connectivity index (χ1v) is 10.2. The molecule has 1 aromatic carbocycles. The number of carboxylic acid groups (broad SMARTS) is 1. The highest BCUT2D eigenvalue weighted by atomic mass is 19.4. The number of hydrogen-bond donors (Lipinski definition) is 2. The number of aromatic nitrogens is 2. The lowest BCUT2D eigenvalue weighted by Crippen LogP contribution is -2.44. The summed E-state index contributed by atoms with van der Waals surface area (Å²) < 4.78 is 74.7. The Hall–Kier alpha value is -3.50. The molecule has 34 heavy (non-hydrogen) atoms. The Morgan fingerprint density at radius 1 is 1.18 bits per heavy atom. The van der Waals surface area contributed by atoms with Crippen LogP contribution in [0.3, 0.4) is 0 Å². The molecule has 0 radical (unpaired) electrons. The van der Waals surface area contributed by atoms with Crippen LogP contribution in [0, 0.1) is 17.6 Å². The molecular formula is C23H22F5N3O3. The zero-order chi connectivity index (χ0) is 25.3. The van der Waals surface area contributed by atoms with Gasteiger partial charge in [-0.3, -0.25) is 4.98 Å². The van der Waals surface area contributed by atoms with Crippen molar-refractivity contribution < 1.29 is 36.6 Å². The first-order valence-electron chi connectivity index (χ1n) is 10.2. The van der Waals surface area contributed by atoms with Crippen molar-refractivity contribution in [2.45, 2.75) is 38.9 Å². The van der Waals surface area contributed by atoms with E-state index in [1.165, 1.54) is 12.3 Å². The molecule has 2 N–H and O–H groups in total. The second-order valence-electron chi connectivity index (χ2n) is 8.65. The predicted octanol–water partition coefficient (Wildman–Crippen LogP) is 6.05. The number of benzene rings is 1. The second-order valence-corrected chi connectivity index (χ2v) is 8.65. The van der Waals surface area contributed by atoms with Gasteiger partial charge in [-0.05, 0) is 43.9 Å². The molecule has 182 valence electrons. The predicted molar refractivity (Wildman–Crippen MR) is 114 cm³/mol. The second kappa shape index (κ2) is 9.40. The molecule has 3 aromatic rings. The molecule has 0 saturated heterocycles. The number of fused-ring (bicyclic) bond motifs is 1. The molecule has 11 heteroatoms. The Labute approximate surface area is 191 Å². The number of alkyl halides is 3. The summed E-state index contributed by atoms with van der Waals surface area (Å²) in [5, 5.41) is 11.1. The largest absolute Gasteiger partial charge is 0.477 e. The number of pyridine rings is 2. The van der Waals surface area contributed by atoms with Crippen LogP contribution in [-0.4, -0.2) is 33.3 Å². The number of nitrogens with one attached hydrogen (secondary N) is 1. The van der Waals surface area contributed by atoms with Gasteiger partial charge in [-0.25, -0.2) is 18.6 Å². The van der Waals surface area contributed by atoms with Crippen LogP contribution >= 0.6 is 0 Å². The van der Waals surface area contributed by atoms with E-state index in [4.69, 9.17) is 9.84 Å². The summed E-state index contributed by atoms with van der Waals surface area (Å²) >= 11 is 0. The van der Waals surface area contributed by atoms with Gasteiger partial charge in [-0.15, -0.1) is 0 Å². The first-order chi connectivity index (χ1) is 15.8. The minimum Gasteiger partial charge on any atom is -0.477 e. The Bertz CT molecular complexity index is 1210. The van der Waals surface area contributed by atoms with E-state index < -0.39 is 40.9 Å². The van der Waals surface area contributed by atoms with Crippen LogP contribution in [0.2, 0.25) is 0 Å². The van der Waals surface area contributed by atoms with Crippen LogP contribution in [0.25, 0.3) is 22.0 Å². The molecule has 1 amide bonds. The summed E-state index contributed by atoms with van der Waals surface area (Å²) in [6.07, 6.45) is -3.37. The summed E-state index contributed by atoms with van der Waals surface area (Å²) in [5.74, 6) is -2.78. The van der Waals surface area contributed by atoms with Gasteiger partial charge in [-0.2, -0.15) is 13.2 Å². The van der Waals surface area contributed by atoms with E-state index in [1.54, 1.807) is 20.8 Å². The molecule has 6 nitrogen and oxygen atoms in total. The van der Waals surface area contributed by atoms with E-state index in [0.717, 1.165) is 18.3 Å². The molecule has 2 aromatic heterocycles. The van der Waals surface area contributed by atoms with Crippen molar-refractivity contribution in [3.63, 3.8) is 0 Å². The summed E-state index contributed by atoms with van der Waals surface area (Å²) in [6, 6.07) is 3.73. The fourth-order valence-corrected chi connectivity index (χ4v) is 3.85. The third-order valence-electron chi connectivity index (χ3n) is 5.03. The zero-order valence-corrected chi connectivity index (χ0v) is 18.5. The maximum absolute atomic E-state index is 14.4. The van der Waals surface area contributed by atoms with Gasteiger partial charge in [-0.1, -0.05) is 6.92 Å². The number of amides is 1. The van der Waals surface area contributed by atoms with Crippen molar-refractivity contribution in [2.75, 3.05) is 6.61 Å². The highest BCUT2D eigenvalue weighted by Crippen LogP contribution is 2.39. The normalized spacial score (nSPS) is 13.1. The maximum Gasteiger partial charge on any atom is 0.421 e. The topological polar surface area (TPSA) is 84.3 Å². The van der Waals surface area contributed by atoms with Crippen molar-refractivity contribution in [2.24, 2.45) is 5.92 Å². The van der Waals surface area contributed by atoms with Gasteiger partial charge in [0.2, 0.25) is 5.88 Å². The van der Waals surface area contributed by atoms with Gasteiger partial charge < -0.3 is 15.2 Å². The summed E-state index contributed by atoms with van der Waals surface area (Å²) in [5.41, 5.74) is -1.99. The fraction of sp³-hybridized carbons (Fsp3) is 0.348. The molecule has 3 rings (SSSR count). The van der Waals surface area contributed by atoms with Crippen molar-refractivity contribution in [3.8, 4) is 17.0 Å². The number of halogens is 5. The standard InChI is InChI=1S/C23H22F5N3O3/c1-12(9-22(2,3)31-21(32)33)11-34-20-16(23(26,27)28)6-13(10-30-20)15-4-5-29-18-8-14(24)7-17(25)19(15)18/h4-8,10,12,31H,9,11H2,1-3H3,(H,32,33). The molecule has 0 saturated carbocycles. The van der Waals surface area contributed by atoms with Gasteiger partial charge in [0.1, 0.15) is 17.2 Å². The van der Waals surface area contributed by atoms with Gasteiger partial charge in [0.05, 0.1) is 12.1 Å². The third kappa shape index (κ3) is 5.89. The monoisotopic (exact) mass is 483 g/mol. The van der Waals surface area contributed by atoms with E-state index in [-0.39, 0.29) is 34.6 Å². The molecule has 0 aliphatic heterocycles. The zero-order valence-electron chi connectivity index (χ0n) is 18.5. The Kier molecular flexibility index (Phi) is 6.94. The quantitative estimate of drug-likeness (QED) is 0.400. The smallest absolute Gasteiger partial charge is 0.421 e. The summed E-state index contributed by atoms with van der Waals surface area (Å²) in [6.45, 7) is 4.86. The van der Waals surface area contributed by atoms with E-state index in [0.29, 0.717) is 12.5 Å². The van der Waals surface area contributed by atoms with Crippen LogP contribution in [0.4, 0.5) is 26.7 Å². The number of ether oxygens (including phenoxy) is 1. The van der Waals surface area contributed by atoms with Crippen LogP contribution in [0.15, 0.2) is 36.7 Å². The molecule has 0 bridgehead atoms. The molecule has 0 fully saturated rings. The average molecular weight is 483 g/mol. The van der Waals surface area contributed by atoms with Crippen LogP contribution in [0.5, 0.6) is 5.88 Å². The van der Waals surface area contributed by atoms with Gasteiger partial charge in [0, 0.05) is 41.0 Å². The van der Waals surface area contributed by atoms with E-state index in [9.17, 15) is 26.7 Å². The molecular weight excluding hydrogens is 461 g/mol. The summed E-state index contributed by atoms with van der Waals surface area (Å²) in [4.78, 5) is 18.6. The summed E-state index contributed by atoms with van der Waals surface area (Å²) in [7, 11) is 0. The first kappa shape index (κ1) is 25.1. The minimum atomic E-state index is -4.82. The minimum absolute atomic E-state index is 0.0441. The van der Waals surface area contributed by atoms with Crippen LogP contribution in [0.1, 0.15) is 32.8 Å². The van der Waals surface area contributed by atoms with E-state index in [1.807, 2.05) is 0 Å². The van der Waals surface area contributed by atoms with Gasteiger partial charge >= 0.3 is 12.3 Å². The lowest BCUT2D eigenvalue weighted by molar-refractivity contribution is -0.139.